The topological polar surface area (TPSA) is 93.2 Å². The molecule has 7 nitrogen and oxygen atoms in total. The van der Waals surface area contributed by atoms with Crippen LogP contribution < -0.4 is 10.6 Å². The molecule has 142 valence electrons. The number of anilines is 3. The molecule has 0 spiro atoms. The maximum Gasteiger partial charge on any atom is 0.337 e. The molecule has 0 radical (unpaired) electrons. The van der Waals surface area contributed by atoms with E-state index in [-0.39, 0.29) is 5.69 Å². The first-order valence-electron chi connectivity index (χ1n) is 8.63. The molecule has 0 unspecified atom stereocenters. The highest BCUT2D eigenvalue weighted by atomic mass is 16.5. The van der Waals surface area contributed by atoms with E-state index >= 15 is 0 Å². The summed E-state index contributed by atoms with van der Waals surface area (Å²) in [6, 6.07) is 12.3. The zero-order chi connectivity index (χ0) is 20.1. The Bertz CT molecular complexity index is 999. The van der Waals surface area contributed by atoms with Gasteiger partial charge in [-0.3, -0.25) is 4.79 Å². The van der Waals surface area contributed by atoms with Crippen molar-refractivity contribution in [3.05, 3.63) is 77.2 Å². The average molecular weight is 376 g/mol. The number of rotatable bonds is 5. The van der Waals surface area contributed by atoms with E-state index in [2.05, 4.69) is 25.3 Å². The number of carbonyl (C=O) groups excluding carboxylic acids is 2. The third-order valence-electron chi connectivity index (χ3n) is 4.32. The van der Waals surface area contributed by atoms with Crippen LogP contribution >= 0.6 is 0 Å². The molecule has 0 saturated heterocycles. The molecule has 3 aromatic rings. The maximum atomic E-state index is 12.3. The molecule has 0 aliphatic carbocycles. The lowest BCUT2D eigenvalue weighted by atomic mass is 10.1. The molecule has 7 heteroatoms. The minimum absolute atomic E-state index is 0.184. The third kappa shape index (κ3) is 4.32. The van der Waals surface area contributed by atoms with Gasteiger partial charge >= 0.3 is 5.97 Å². The molecule has 2 aromatic carbocycles. The Morgan fingerprint density at radius 1 is 0.964 bits per heavy atom. The van der Waals surface area contributed by atoms with Crippen LogP contribution in [-0.2, 0) is 4.74 Å². The number of nitrogens with one attached hydrogen (secondary N) is 2. The molecule has 1 amide bonds. The van der Waals surface area contributed by atoms with Crippen molar-refractivity contribution in [3.8, 4) is 0 Å². The van der Waals surface area contributed by atoms with Gasteiger partial charge in [-0.25, -0.2) is 14.8 Å². The van der Waals surface area contributed by atoms with Crippen molar-refractivity contribution in [1.29, 1.82) is 0 Å². The van der Waals surface area contributed by atoms with Crippen molar-refractivity contribution in [3.63, 3.8) is 0 Å². The number of esters is 1. The van der Waals surface area contributed by atoms with Crippen LogP contribution in [0.25, 0.3) is 0 Å². The number of ether oxygens (including phenoxy) is 1. The standard InChI is InChI=1S/C21H20N4O3/c1-13-5-4-6-17(14(13)2)25-19-12-22-18(11-23-19)20(26)24-16-9-7-15(8-10-16)21(27)28-3/h4-12H,1-3H3,(H,23,25)(H,24,26). The smallest absolute Gasteiger partial charge is 0.337 e. The summed E-state index contributed by atoms with van der Waals surface area (Å²) in [6.45, 7) is 4.07. The lowest BCUT2D eigenvalue weighted by molar-refractivity contribution is 0.0600. The van der Waals surface area contributed by atoms with Gasteiger partial charge in [-0.05, 0) is 55.3 Å². The maximum absolute atomic E-state index is 12.3. The van der Waals surface area contributed by atoms with E-state index in [1.54, 1.807) is 24.3 Å². The molecule has 0 fully saturated rings. The first-order valence-corrected chi connectivity index (χ1v) is 8.63. The molecule has 0 atom stereocenters. The Morgan fingerprint density at radius 3 is 2.36 bits per heavy atom. The van der Waals surface area contributed by atoms with Crippen LogP contribution in [0.4, 0.5) is 17.2 Å². The van der Waals surface area contributed by atoms with E-state index < -0.39 is 11.9 Å². The summed E-state index contributed by atoms with van der Waals surface area (Å²) in [5.41, 5.74) is 4.37. The number of carbonyl (C=O) groups is 2. The molecule has 1 heterocycles. The highest BCUT2D eigenvalue weighted by Gasteiger charge is 2.10. The number of hydrogen-bond donors (Lipinski definition) is 2. The van der Waals surface area contributed by atoms with Gasteiger partial charge in [0.05, 0.1) is 25.1 Å². The number of aromatic nitrogens is 2. The van der Waals surface area contributed by atoms with Crippen molar-refractivity contribution in [2.75, 3.05) is 17.7 Å². The first kappa shape index (κ1) is 19.0. The van der Waals surface area contributed by atoms with Crippen molar-refractivity contribution < 1.29 is 14.3 Å². The lowest BCUT2D eigenvalue weighted by Gasteiger charge is -2.11. The van der Waals surface area contributed by atoms with Gasteiger partial charge in [0.25, 0.3) is 5.91 Å². The number of nitrogens with zero attached hydrogens (tertiary/aromatic N) is 2. The number of methoxy groups -OCH3 is 1. The van der Waals surface area contributed by atoms with E-state index in [1.807, 2.05) is 32.0 Å². The summed E-state index contributed by atoms with van der Waals surface area (Å²) < 4.78 is 4.64. The van der Waals surface area contributed by atoms with Gasteiger partial charge in [-0.15, -0.1) is 0 Å². The van der Waals surface area contributed by atoms with E-state index in [1.165, 1.54) is 25.1 Å². The largest absolute Gasteiger partial charge is 0.465 e. The number of hydrogen-bond acceptors (Lipinski definition) is 6. The summed E-state index contributed by atoms with van der Waals surface area (Å²) in [5.74, 6) is -0.278. The van der Waals surface area contributed by atoms with E-state index in [4.69, 9.17) is 0 Å². The fraction of sp³-hybridized carbons (Fsp3) is 0.143. The summed E-state index contributed by atoms with van der Waals surface area (Å²) >= 11 is 0. The van der Waals surface area contributed by atoms with Gasteiger partial charge in [-0.2, -0.15) is 0 Å². The second kappa shape index (κ2) is 8.30. The van der Waals surface area contributed by atoms with Crippen LogP contribution in [0.3, 0.4) is 0 Å². The van der Waals surface area contributed by atoms with Gasteiger partial charge < -0.3 is 15.4 Å². The summed E-state index contributed by atoms with van der Waals surface area (Å²) in [4.78, 5) is 32.2. The minimum atomic E-state index is -0.435. The second-order valence-electron chi connectivity index (χ2n) is 6.18. The van der Waals surface area contributed by atoms with Gasteiger partial charge in [0.1, 0.15) is 11.5 Å². The second-order valence-corrected chi connectivity index (χ2v) is 6.18. The highest BCUT2D eigenvalue weighted by molar-refractivity contribution is 6.03. The molecule has 2 N–H and O–H groups in total. The van der Waals surface area contributed by atoms with Gasteiger partial charge in [-0.1, -0.05) is 12.1 Å². The van der Waals surface area contributed by atoms with E-state index in [0.717, 1.165) is 11.3 Å². The monoisotopic (exact) mass is 376 g/mol. The molecule has 1 aromatic heterocycles. The SMILES string of the molecule is COC(=O)c1ccc(NC(=O)c2cnc(Nc3cccc(C)c3C)cn2)cc1. The van der Waals surface area contributed by atoms with E-state index in [9.17, 15) is 9.59 Å². The molecule has 0 aliphatic heterocycles. The number of amides is 1. The van der Waals surface area contributed by atoms with Gasteiger partial charge in [0.15, 0.2) is 0 Å². The zero-order valence-corrected chi connectivity index (χ0v) is 15.8. The zero-order valence-electron chi connectivity index (χ0n) is 15.8. The molecule has 0 bridgehead atoms. The molecular formula is C21H20N4O3. The van der Waals surface area contributed by atoms with Crippen LogP contribution in [0.15, 0.2) is 54.9 Å². The molecule has 0 aliphatic rings. The van der Waals surface area contributed by atoms with Crippen molar-refractivity contribution >= 4 is 29.1 Å². The van der Waals surface area contributed by atoms with Crippen LogP contribution in [0.5, 0.6) is 0 Å². The van der Waals surface area contributed by atoms with Crippen LogP contribution in [0, 0.1) is 13.8 Å². The fourth-order valence-corrected chi connectivity index (χ4v) is 2.54. The fourth-order valence-electron chi connectivity index (χ4n) is 2.54. The van der Waals surface area contributed by atoms with Crippen LogP contribution in [0.1, 0.15) is 32.0 Å². The van der Waals surface area contributed by atoms with Crippen molar-refractivity contribution in [2.24, 2.45) is 0 Å². The normalized spacial score (nSPS) is 10.2. The van der Waals surface area contributed by atoms with Crippen LogP contribution in [0.2, 0.25) is 0 Å². The quantitative estimate of drug-likeness (QED) is 0.657. The molecule has 0 saturated carbocycles. The Morgan fingerprint density at radius 2 is 1.71 bits per heavy atom. The Kier molecular flexibility index (Phi) is 5.64. The summed E-state index contributed by atoms with van der Waals surface area (Å²) in [5, 5.41) is 5.92. The summed E-state index contributed by atoms with van der Waals surface area (Å²) in [7, 11) is 1.31. The predicted molar refractivity (Wildman–Crippen MR) is 107 cm³/mol. The number of benzene rings is 2. The third-order valence-corrected chi connectivity index (χ3v) is 4.32. The van der Waals surface area contributed by atoms with E-state index in [0.29, 0.717) is 17.1 Å². The minimum Gasteiger partial charge on any atom is -0.465 e. The lowest BCUT2D eigenvalue weighted by Crippen LogP contribution is -2.14. The van der Waals surface area contributed by atoms with Gasteiger partial charge in [0, 0.05) is 11.4 Å². The Balaban J connectivity index is 1.66. The summed E-state index contributed by atoms with van der Waals surface area (Å²) in [6.07, 6.45) is 2.92. The van der Waals surface area contributed by atoms with Gasteiger partial charge in [0.2, 0.25) is 0 Å². The average Bonchev–Trinajstić information content (AvgIpc) is 2.72. The van der Waals surface area contributed by atoms with Crippen molar-refractivity contribution in [1.82, 2.24) is 9.97 Å². The Hall–Kier alpha value is -3.74. The molecule has 3 rings (SSSR count). The first-order chi connectivity index (χ1) is 13.5. The molecular weight excluding hydrogens is 356 g/mol. The highest BCUT2D eigenvalue weighted by Crippen LogP contribution is 2.21. The number of aryl methyl sites for hydroxylation is 1. The predicted octanol–water partition coefficient (Wildman–Crippen LogP) is 3.88. The van der Waals surface area contributed by atoms with Crippen LogP contribution in [-0.4, -0.2) is 29.0 Å². The van der Waals surface area contributed by atoms with Crippen molar-refractivity contribution in [2.45, 2.75) is 13.8 Å². The Labute approximate surface area is 162 Å². The molecule has 28 heavy (non-hydrogen) atoms.